The van der Waals surface area contributed by atoms with E-state index in [9.17, 15) is 9.90 Å². The van der Waals surface area contributed by atoms with Crippen LogP contribution in [0.3, 0.4) is 0 Å². The Hall–Kier alpha value is -0.570. The Kier molecular flexibility index (Phi) is 5.44. The van der Waals surface area contributed by atoms with Crippen LogP contribution in [0.15, 0.2) is 0 Å². The second-order valence-electron chi connectivity index (χ2n) is 5.82. The van der Waals surface area contributed by atoms with E-state index in [4.69, 9.17) is 0 Å². The molecule has 1 unspecified atom stereocenters. The Bertz CT molecular complexity index is 245. The molecule has 0 aliphatic heterocycles. The maximum Gasteiger partial charge on any atom is 0.220 e. The van der Waals surface area contributed by atoms with Gasteiger partial charge in [0.25, 0.3) is 0 Å². The number of hydrogen-bond acceptors (Lipinski definition) is 2. The molecule has 100 valence electrons. The number of aliphatic hydroxyl groups is 1. The molecule has 0 aromatic rings. The number of carbonyl (C=O) groups is 1. The fourth-order valence-corrected chi connectivity index (χ4v) is 2.63. The highest BCUT2D eigenvalue weighted by Gasteiger charge is 2.31. The van der Waals surface area contributed by atoms with Crippen molar-refractivity contribution in [3.8, 4) is 0 Å². The molecular weight excluding hydrogens is 214 g/mol. The molecule has 1 saturated carbocycles. The van der Waals surface area contributed by atoms with Crippen LogP contribution < -0.4 is 5.32 Å². The third-order valence-corrected chi connectivity index (χ3v) is 4.06. The number of amides is 1. The Labute approximate surface area is 105 Å². The zero-order valence-electron chi connectivity index (χ0n) is 11.5. The summed E-state index contributed by atoms with van der Waals surface area (Å²) >= 11 is 0. The zero-order chi connectivity index (χ0) is 12.9. The van der Waals surface area contributed by atoms with Crippen LogP contribution in [0.25, 0.3) is 0 Å². The monoisotopic (exact) mass is 241 g/mol. The maximum absolute atomic E-state index is 11.8. The van der Waals surface area contributed by atoms with Crippen LogP contribution in [-0.2, 0) is 4.79 Å². The van der Waals surface area contributed by atoms with Gasteiger partial charge in [0, 0.05) is 13.0 Å². The standard InChI is InChI=1S/C14H27NO2/c1-4-12(11(2)3)9-13(16)15-10-14(17)7-5-6-8-14/h11-12,17H,4-10H2,1-3H3,(H,15,16). The molecule has 1 aliphatic rings. The van der Waals surface area contributed by atoms with Crippen molar-refractivity contribution in [3.05, 3.63) is 0 Å². The van der Waals surface area contributed by atoms with E-state index in [1.807, 2.05) is 0 Å². The minimum atomic E-state index is -0.630. The van der Waals surface area contributed by atoms with E-state index in [1.54, 1.807) is 0 Å². The lowest BCUT2D eigenvalue weighted by Crippen LogP contribution is -2.41. The van der Waals surface area contributed by atoms with Crippen LogP contribution in [0.5, 0.6) is 0 Å². The minimum Gasteiger partial charge on any atom is -0.388 e. The molecule has 0 heterocycles. The molecule has 1 aliphatic carbocycles. The largest absolute Gasteiger partial charge is 0.388 e. The van der Waals surface area contributed by atoms with Gasteiger partial charge in [0.2, 0.25) is 5.91 Å². The smallest absolute Gasteiger partial charge is 0.220 e. The van der Waals surface area contributed by atoms with E-state index < -0.39 is 5.60 Å². The Morgan fingerprint density at radius 2 is 1.94 bits per heavy atom. The molecule has 1 atom stereocenters. The lowest BCUT2D eigenvalue weighted by atomic mass is 9.90. The molecule has 0 aromatic carbocycles. The molecule has 1 rings (SSSR count). The fraction of sp³-hybridized carbons (Fsp3) is 0.929. The van der Waals surface area contributed by atoms with E-state index >= 15 is 0 Å². The quantitative estimate of drug-likeness (QED) is 0.750. The summed E-state index contributed by atoms with van der Waals surface area (Å²) in [6.07, 6.45) is 5.44. The minimum absolute atomic E-state index is 0.0888. The van der Waals surface area contributed by atoms with Gasteiger partial charge in [0.15, 0.2) is 0 Å². The molecule has 0 aromatic heterocycles. The lowest BCUT2D eigenvalue weighted by Gasteiger charge is -2.24. The van der Waals surface area contributed by atoms with Gasteiger partial charge in [-0.05, 0) is 24.7 Å². The van der Waals surface area contributed by atoms with Crippen molar-refractivity contribution in [1.82, 2.24) is 5.32 Å². The molecule has 0 bridgehead atoms. The summed E-state index contributed by atoms with van der Waals surface area (Å²) in [5.74, 6) is 1.08. The van der Waals surface area contributed by atoms with Gasteiger partial charge < -0.3 is 10.4 Å². The summed E-state index contributed by atoms with van der Waals surface area (Å²) < 4.78 is 0. The first-order valence-electron chi connectivity index (χ1n) is 6.96. The Morgan fingerprint density at radius 3 is 2.41 bits per heavy atom. The first-order valence-corrected chi connectivity index (χ1v) is 6.96. The van der Waals surface area contributed by atoms with Crippen LogP contribution in [0, 0.1) is 11.8 Å². The summed E-state index contributed by atoms with van der Waals surface area (Å²) in [5.41, 5.74) is -0.630. The van der Waals surface area contributed by atoms with E-state index in [0.29, 0.717) is 24.8 Å². The van der Waals surface area contributed by atoms with Crippen molar-refractivity contribution >= 4 is 5.91 Å². The van der Waals surface area contributed by atoms with Gasteiger partial charge in [-0.2, -0.15) is 0 Å². The van der Waals surface area contributed by atoms with Crippen LogP contribution in [0.2, 0.25) is 0 Å². The topological polar surface area (TPSA) is 49.3 Å². The average Bonchev–Trinajstić information content (AvgIpc) is 2.70. The van der Waals surface area contributed by atoms with Crippen molar-refractivity contribution in [2.45, 2.75) is 64.9 Å². The summed E-state index contributed by atoms with van der Waals surface area (Å²) in [6.45, 7) is 6.88. The highest BCUT2D eigenvalue weighted by Crippen LogP contribution is 2.28. The summed E-state index contributed by atoms with van der Waals surface area (Å²) in [5, 5.41) is 13.0. The Balaban J connectivity index is 2.29. The normalized spacial score (nSPS) is 20.5. The van der Waals surface area contributed by atoms with Gasteiger partial charge in [-0.1, -0.05) is 40.0 Å². The van der Waals surface area contributed by atoms with Crippen LogP contribution in [-0.4, -0.2) is 23.2 Å². The summed E-state index contributed by atoms with van der Waals surface area (Å²) in [6, 6.07) is 0. The van der Waals surface area contributed by atoms with Crippen molar-refractivity contribution in [3.63, 3.8) is 0 Å². The number of rotatable bonds is 6. The van der Waals surface area contributed by atoms with Gasteiger partial charge in [-0.15, -0.1) is 0 Å². The predicted octanol–water partition coefficient (Wildman–Crippen LogP) is 2.48. The molecule has 3 heteroatoms. The second kappa shape index (κ2) is 6.39. The maximum atomic E-state index is 11.8. The first kappa shape index (κ1) is 14.5. The van der Waals surface area contributed by atoms with Crippen LogP contribution >= 0.6 is 0 Å². The molecule has 0 radical (unpaired) electrons. The van der Waals surface area contributed by atoms with Crippen LogP contribution in [0.4, 0.5) is 0 Å². The van der Waals surface area contributed by atoms with Gasteiger partial charge in [0.05, 0.1) is 5.60 Å². The first-order chi connectivity index (χ1) is 7.97. The van der Waals surface area contributed by atoms with Crippen molar-refractivity contribution in [2.24, 2.45) is 11.8 Å². The Morgan fingerprint density at radius 1 is 1.35 bits per heavy atom. The molecule has 0 saturated heterocycles. The van der Waals surface area contributed by atoms with Gasteiger partial charge in [-0.25, -0.2) is 0 Å². The zero-order valence-corrected chi connectivity index (χ0v) is 11.5. The van der Waals surface area contributed by atoms with Gasteiger partial charge in [-0.3, -0.25) is 4.79 Å². The van der Waals surface area contributed by atoms with Crippen molar-refractivity contribution in [1.29, 1.82) is 0 Å². The summed E-state index contributed by atoms with van der Waals surface area (Å²) in [4.78, 5) is 11.8. The molecule has 17 heavy (non-hydrogen) atoms. The van der Waals surface area contributed by atoms with Crippen molar-refractivity contribution < 1.29 is 9.90 Å². The lowest BCUT2D eigenvalue weighted by molar-refractivity contribution is -0.123. The van der Waals surface area contributed by atoms with E-state index in [1.165, 1.54) is 0 Å². The molecule has 1 amide bonds. The molecule has 3 nitrogen and oxygen atoms in total. The molecular formula is C14H27NO2. The fourth-order valence-electron chi connectivity index (χ4n) is 2.63. The van der Waals surface area contributed by atoms with E-state index in [0.717, 1.165) is 32.1 Å². The highest BCUT2D eigenvalue weighted by molar-refractivity contribution is 5.76. The molecule has 0 spiro atoms. The second-order valence-corrected chi connectivity index (χ2v) is 5.82. The van der Waals surface area contributed by atoms with Crippen molar-refractivity contribution in [2.75, 3.05) is 6.54 Å². The SMILES string of the molecule is CCC(CC(=O)NCC1(O)CCCC1)C(C)C. The molecule has 2 N–H and O–H groups in total. The third kappa shape index (κ3) is 4.66. The van der Waals surface area contributed by atoms with Gasteiger partial charge >= 0.3 is 0 Å². The number of nitrogens with one attached hydrogen (secondary N) is 1. The summed E-state index contributed by atoms with van der Waals surface area (Å²) in [7, 11) is 0. The van der Waals surface area contributed by atoms with Gasteiger partial charge in [0.1, 0.15) is 0 Å². The van der Waals surface area contributed by atoms with E-state index in [2.05, 4.69) is 26.1 Å². The number of hydrogen-bond donors (Lipinski definition) is 2. The predicted molar refractivity (Wildman–Crippen MR) is 69.7 cm³/mol. The number of carbonyl (C=O) groups excluding carboxylic acids is 1. The average molecular weight is 241 g/mol. The third-order valence-electron chi connectivity index (χ3n) is 4.06. The highest BCUT2D eigenvalue weighted by atomic mass is 16.3. The molecule has 1 fully saturated rings. The van der Waals surface area contributed by atoms with Crippen LogP contribution in [0.1, 0.15) is 59.3 Å². The van der Waals surface area contributed by atoms with E-state index in [-0.39, 0.29) is 5.91 Å².